The molecule has 0 N–H and O–H groups in total. The highest BCUT2D eigenvalue weighted by Crippen LogP contribution is 2.62. The van der Waals surface area contributed by atoms with E-state index in [2.05, 4.69) is 257 Å². The first kappa shape index (κ1) is 50.0. The lowest BCUT2D eigenvalue weighted by molar-refractivity contribution is 0.195. The van der Waals surface area contributed by atoms with Gasteiger partial charge in [-0.25, -0.2) is 0 Å². The van der Waals surface area contributed by atoms with E-state index in [1.54, 1.807) is 0 Å². The van der Waals surface area contributed by atoms with Crippen LogP contribution in [0.2, 0.25) is 0 Å². The molecule has 4 nitrogen and oxygen atoms in total. The van der Waals surface area contributed by atoms with Gasteiger partial charge < -0.3 is 19.1 Å². The minimum absolute atomic E-state index is 0.0123. The van der Waals surface area contributed by atoms with Gasteiger partial charge >= 0.3 is 0 Å². The molecule has 3 aliphatic carbocycles. The molecule has 0 bridgehead atoms. The van der Waals surface area contributed by atoms with Crippen molar-refractivity contribution in [2.75, 3.05) is 14.7 Å². The molecule has 0 amide bonds. The molecule has 4 heterocycles. The Balaban J connectivity index is 1.05. The van der Waals surface area contributed by atoms with E-state index in [9.17, 15) is 0 Å². The molecule has 0 radical (unpaired) electrons. The Hall–Kier alpha value is -6.98. The van der Waals surface area contributed by atoms with Gasteiger partial charge in [-0.15, -0.1) is 0 Å². The predicted molar refractivity (Wildman–Crippen MR) is 340 cm³/mol. The summed E-state index contributed by atoms with van der Waals surface area (Å²) < 4.78 is 7.12. The largest absolute Gasteiger partial charge is 0.454 e. The highest BCUT2D eigenvalue weighted by atomic mass is 16.3. The maximum absolute atomic E-state index is 7.12. The first-order valence-electron chi connectivity index (χ1n) is 30.1. The van der Waals surface area contributed by atoms with Crippen molar-refractivity contribution in [3.63, 3.8) is 0 Å². The smallest absolute Gasteiger partial charge is 0.252 e. The summed E-state index contributed by atoms with van der Waals surface area (Å²) in [6, 6.07) is 57.7. The third-order valence-electron chi connectivity index (χ3n) is 21.9. The molecule has 9 aromatic rings. The number of para-hydroxylation sites is 2. The van der Waals surface area contributed by atoms with Crippen LogP contribution in [0.4, 0.5) is 45.5 Å². The Morgan fingerprint density at radius 2 is 1.09 bits per heavy atom. The molecule has 2 unspecified atom stereocenters. The molecule has 5 heteroatoms. The van der Waals surface area contributed by atoms with E-state index >= 15 is 0 Å². The molecular weight excluding hydrogens is 970 g/mol. The number of aryl methyl sites for hydroxylation is 1. The lowest BCUT2D eigenvalue weighted by Gasteiger charge is -2.51. The number of hydrogen-bond acceptors (Lipinski definition) is 4. The fraction of sp³-hybridized carbons (Fsp3) is 0.360. The predicted octanol–water partition coefficient (Wildman–Crippen LogP) is 18.3. The van der Waals surface area contributed by atoms with Gasteiger partial charge in [0.05, 0.1) is 11.2 Å². The van der Waals surface area contributed by atoms with E-state index in [-0.39, 0.29) is 44.7 Å². The van der Waals surface area contributed by atoms with Gasteiger partial charge in [-0.1, -0.05) is 181 Å². The molecule has 80 heavy (non-hydrogen) atoms. The number of anilines is 8. The second-order valence-electron chi connectivity index (χ2n) is 29.2. The third-order valence-corrected chi connectivity index (χ3v) is 21.9. The normalized spacial score (nSPS) is 22.2. The lowest BCUT2D eigenvalue weighted by Crippen LogP contribution is -2.62. The van der Waals surface area contributed by atoms with Gasteiger partial charge in [0.15, 0.2) is 5.58 Å². The van der Waals surface area contributed by atoms with Crippen molar-refractivity contribution < 1.29 is 4.42 Å². The van der Waals surface area contributed by atoms with E-state index in [1.807, 2.05) is 0 Å². The SMILES string of the molecule is Cc1cc2c3c(c1)N(c1cccc4c1oc1ccccc14)c1cc(N4c5ccc(C(C)(C)C)cc5C5(C)CCCCC45C)ccc1B3c1cc3c(cc1N2c1ccc2c(c1)C(C)(C)CCC2(C)C)C(C)(C)c1ccccc1C3(C)C. The van der Waals surface area contributed by atoms with Crippen molar-refractivity contribution in [1.82, 2.24) is 0 Å². The topological polar surface area (TPSA) is 22.9 Å². The van der Waals surface area contributed by atoms with Crippen molar-refractivity contribution in [3.8, 4) is 0 Å². The van der Waals surface area contributed by atoms with Gasteiger partial charge in [0.25, 0.3) is 6.71 Å². The van der Waals surface area contributed by atoms with Crippen molar-refractivity contribution in [1.29, 1.82) is 0 Å². The monoisotopic (exact) mass is 1050 g/mol. The molecule has 0 saturated heterocycles. The van der Waals surface area contributed by atoms with Gasteiger partial charge in [-0.2, -0.15) is 0 Å². The van der Waals surface area contributed by atoms with Crippen molar-refractivity contribution in [2.24, 2.45) is 0 Å². The highest BCUT2D eigenvalue weighted by Gasteiger charge is 2.58. The van der Waals surface area contributed by atoms with Crippen molar-refractivity contribution >= 4 is 90.5 Å². The fourth-order valence-corrected chi connectivity index (χ4v) is 17.0. The zero-order valence-corrected chi connectivity index (χ0v) is 49.9. The summed E-state index contributed by atoms with van der Waals surface area (Å²) in [6.07, 6.45) is 7.13. The molecule has 1 saturated carbocycles. The maximum Gasteiger partial charge on any atom is 0.252 e. The Morgan fingerprint density at radius 1 is 0.450 bits per heavy atom. The molecule has 402 valence electrons. The summed E-state index contributed by atoms with van der Waals surface area (Å²) in [4.78, 5) is 8.10. The van der Waals surface area contributed by atoms with Gasteiger partial charge in [-0.05, 0) is 183 Å². The number of benzene rings is 8. The number of hydrogen-bond donors (Lipinski definition) is 0. The van der Waals surface area contributed by atoms with Gasteiger partial charge in [0.2, 0.25) is 0 Å². The maximum atomic E-state index is 7.12. The molecule has 1 fully saturated rings. The summed E-state index contributed by atoms with van der Waals surface area (Å²) in [5.41, 5.74) is 28.1. The Labute approximate surface area is 476 Å². The summed E-state index contributed by atoms with van der Waals surface area (Å²) in [6.45, 7) is 34.2. The Bertz CT molecular complexity index is 4160. The Kier molecular flexibility index (Phi) is 10.1. The van der Waals surface area contributed by atoms with E-state index < -0.39 is 0 Å². The minimum atomic E-state index is -0.235. The molecule has 3 aliphatic heterocycles. The van der Waals surface area contributed by atoms with Crippen LogP contribution < -0.4 is 31.1 Å². The minimum Gasteiger partial charge on any atom is -0.454 e. The van der Waals surface area contributed by atoms with Crippen LogP contribution in [0.15, 0.2) is 150 Å². The average Bonchev–Trinajstić information content (AvgIpc) is 4.08. The molecular formula is C75H78BN3O. The van der Waals surface area contributed by atoms with Gasteiger partial charge in [0.1, 0.15) is 5.58 Å². The van der Waals surface area contributed by atoms with E-state index in [1.165, 1.54) is 132 Å². The van der Waals surface area contributed by atoms with Crippen LogP contribution in [0.25, 0.3) is 21.9 Å². The van der Waals surface area contributed by atoms with Crippen molar-refractivity contribution in [3.05, 3.63) is 196 Å². The zero-order chi connectivity index (χ0) is 55.6. The fourth-order valence-electron chi connectivity index (χ4n) is 17.0. The summed E-state index contributed by atoms with van der Waals surface area (Å²) in [7, 11) is 0. The van der Waals surface area contributed by atoms with Crippen LogP contribution >= 0.6 is 0 Å². The van der Waals surface area contributed by atoms with Crippen LogP contribution in [0.1, 0.15) is 179 Å². The lowest BCUT2D eigenvalue weighted by atomic mass is 9.33. The molecule has 0 spiro atoms. The molecule has 8 aromatic carbocycles. The quantitative estimate of drug-likeness (QED) is 0.165. The van der Waals surface area contributed by atoms with Crippen LogP contribution in [-0.4, -0.2) is 12.3 Å². The first-order chi connectivity index (χ1) is 37.9. The standard InChI is InChI=1S/C75H78BN3O/c1-45-38-64-67-65(39-45)78(61-26-21-23-50-49-22-15-18-27-66(49)80-68(50)61)62-42-48(79-60-33-28-46(69(2,3)4)40-57(60)74(13)34-19-20-35-75(74,79)14)30-32-58(62)76(67)59-43-55-56(73(11,12)53-25-17-16-24-52(53)72(55,9)10)44-63(59)77(64)47-29-31-51-54(41-47)71(7,8)37-36-70(51,5)6/h15-18,21-33,38-44H,19-20,34-37H2,1-14H3. The highest BCUT2D eigenvalue weighted by molar-refractivity contribution is 7.00. The number of furan rings is 1. The molecule has 15 rings (SSSR count). The molecule has 6 aliphatic rings. The Morgan fingerprint density at radius 3 is 1.82 bits per heavy atom. The van der Waals surface area contributed by atoms with Gasteiger partial charge in [0, 0.05) is 66.8 Å². The van der Waals surface area contributed by atoms with Crippen LogP contribution in [0.3, 0.4) is 0 Å². The zero-order valence-electron chi connectivity index (χ0n) is 49.9. The molecule has 1 aromatic heterocycles. The average molecular weight is 1050 g/mol. The van der Waals surface area contributed by atoms with E-state index in [0.29, 0.717) is 0 Å². The van der Waals surface area contributed by atoms with E-state index in [4.69, 9.17) is 4.42 Å². The van der Waals surface area contributed by atoms with Crippen molar-refractivity contribution in [2.45, 2.75) is 173 Å². The second kappa shape index (κ2) is 16.1. The number of nitrogens with zero attached hydrogens (tertiary/aromatic N) is 3. The van der Waals surface area contributed by atoms with Crippen LogP contribution in [0.5, 0.6) is 0 Å². The second-order valence-corrected chi connectivity index (χ2v) is 29.2. The number of rotatable bonds is 3. The summed E-state index contributed by atoms with van der Waals surface area (Å²) in [5.74, 6) is 0. The summed E-state index contributed by atoms with van der Waals surface area (Å²) in [5, 5.41) is 2.28. The molecule has 2 atom stereocenters. The summed E-state index contributed by atoms with van der Waals surface area (Å²) >= 11 is 0. The first-order valence-corrected chi connectivity index (χ1v) is 30.1. The van der Waals surface area contributed by atoms with E-state index in [0.717, 1.165) is 40.5 Å². The van der Waals surface area contributed by atoms with Gasteiger partial charge in [-0.3, -0.25) is 0 Å². The van der Waals surface area contributed by atoms with Crippen LogP contribution in [0, 0.1) is 6.92 Å². The van der Waals surface area contributed by atoms with Crippen LogP contribution in [-0.2, 0) is 32.5 Å². The third kappa shape index (κ3) is 6.53. The number of fused-ring (bicyclic) bond motifs is 13.